The Morgan fingerprint density at radius 1 is 1.12 bits per heavy atom. The monoisotopic (exact) mass is 485 g/mol. The average molecular weight is 486 g/mol. The lowest BCUT2D eigenvalue weighted by atomic mass is 9.86. The summed E-state index contributed by atoms with van der Waals surface area (Å²) in [6.07, 6.45) is 0.175. The van der Waals surface area contributed by atoms with Crippen LogP contribution in [0.2, 0.25) is 5.02 Å². The Morgan fingerprint density at radius 2 is 1.82 bits per heavy atom. The third kappa shape index (κ3) is 4.19. The van der Waals surface area contributed by atoms with Gasteiger partial charge in [0, 0.05) is 23.0 Å². The number of carbonyl (C=O) groups is 1. The van der Waals surface area contributed by atoms with Crippen molar-refractivity contribution in [3.63, 3.8) is 0 Å². The van der Waals surface area contributed by atoms with Crippen LogP contribution in [0.1, 0.15) is 23.5 Å². The predicted octanol–water partition coefficient (Wildman–Crippen LogP) is 4.89. The van der Waals surface area contributed by atoms with E-state index in [4.69, 9.17) is 25.8 Å². The van der Waals surface area contributed by atoms with Crippen LogP contribution in [0.5, 0.6) is 17.2 Å². The van der Waals surface area contributed by atoms with Crippen molar-refractivity contribution in [3.8, 4) is 23.3 Å². The summed E-state index contributed by atoms with van der Waals surface area (Å²) in [5, 5.41) is 11.5. The molecule has 2 aliphatic rings. The molecule has 1 saturated heterocycles. The maximum Gasteiger partial charge on any atom is 0.229 e. The largest absolute Gasteiger partial charge is 0.493 e. The highest BCUT2D eigenvalue weighted by Crippen LogP contribution is 2.47. The van der Waals surface area contributed by atoms with Crippen molar-refractivity contribution in [3.05, 3.63) is 57.1 Å². The van der Waals surface area contributed by atoms with E-state index in [1.807, 2.05) is 25.1 Å². The van der Waals surface area contributed by atoms with Crippen LogP contribution in [-0.2, 0) is 4.79 Å². The number of nitrogens with zero attached hydrogens (tertiary/aromatic N) is 3. The van der Waals surface area contributed by atoms with Crippen LogP contribution < -0.4 is 19.1 Å². The number of anilines is 1. The molecule has 1 fully saturated rings. The molecule has 172 valence electrons. The minimum absolute atomic E-state index is 0.0434. The van der Waals surface area contributed by atoms with Gasteiger partial charge in [0.25, 0.3) is 0 Å². The fraction of sp³-hybridized carbons (Fsp3) is 0.333. The van der Waals surface area contributed by atoms with Gasteiger partial charge in [-0.3, -0.25) is 9.69 Å². The van der Waals surface area contributed by atoms with Crippen molar-refractivity contribution in [2.75, 3.05) is 38.8 Å². The summed E-state index contributed by atoms with van der Waals surface area (Å²) in [6.45, 7) is 2.32. The fourth-order valence-corrected chi connectivity index (χ4v) is 5.43. The van der Waals surface area contributed by atoms with Crippen LogP contribution in [0.3, 0.4) is 0 Å². The zero-order valence-corrected chi connectivity index (χ0v) is 20.4. The number of hydrogen-bond acceptors (Lipinski definition) is 7. The van der Waals surface area contributed by atoms with E-state index in [0.29, 0.717) is 45.4 Å². The molecule has 2 aromatic carbocycles. The van der Waals surface area contributed by atoms with Gasteiger partial charge in [-0.15, -0.1) is 0 Å². The molecule has 0 radical (unpaired) electrons. The summed E-state index contributed by atoms with van der Waals surface area (Å²) in [7, 11) is 4.62. The van der Waals surface area contributed by atoms with Crippen molar-refractivity contribution >= 4 is 35.0 Å². The van der Waals surface area contributed by atoms with Crippen molar-refractivity contribution in [1.82, 2.24) is 4.90 Å². The summed E-state index contributed by atoms with van der Waals surface area (Å²) >= 11 is 7.79. The molecule has 1 atom stereocenters. The SMILES string of the molecule is COc1cc(C2CC(=O)N3CN(c4ccc(C)c(Cl)c4)CSC3=C2C#N)cc(OC)c1OC. The zero-order valence-electron chi connectivity index (χ0n) is 18.8. The van der Waals surface area contributed by atoms with Crippen LogP contribution in [0.4, 0.5) is 5.69 Å². The maximum absolute atomic E-state index is 13.2. The van der Waals surface area contributed by atoms with Crippen LogP contribution in [0.25, 0.3) is 0 Å². The van der Waals surface area contributed by atoms with Gasteiger partial charge in [0.1, 0.15) is 0 Å². The van der Waals surface area contributed by atoms with Crippen LogP contribution in [0.15, 0.2) is 40.9 Å². The number of nitriles is 1. The number of methoxy groups -OCH3 is 3. The molecule has 2 aliphatic heterocycles. The van der Waals surface area contributed by atoms with Crippen LogP contribution in [0, 0.1) is 18.3 Å². The number of amides is 1. The van der Waals surface area contributed by atoms with E-state index >= 15 is 0 Å². The first-order valence-electron chi connectivity index (χ1n) is 10.3. The second-order valence-electron chi connectivity index (χ2n) is 7.76. The second kappa shape index (κ2) is 9.46. The summed E-state index contributed by atoms with van der Waals surface area (Å²) in [6, 6.07) is 11.8. The number of benzene rings is 2. The summed E-state index contributed by atoms with van der Waals surface area (Å²) in [4.78, 5) is 17.0. The van der Waals surface area contributed by atoms with E-state index in [1.54, 1.807) is 31.3 Å². The number of fused-ring (bicyclic) bond motifs is 1. The molecule has 0 saturated carbocycles. The first-order valence-corrected chi connectivity index (χ1v) is 11.7. The Bertz CT molecular complexity index is 1150. The first kappa shape index (κ1) is 23.1. The van der Waals surface area contributed by atoms with Crippen molar-refractivity contribution in [2.45, 2.75) is 19.3 Å². The van der Waals surface area contributed by atoms with Gasteiger partial charge in [0.05, 0.1) is 50.5 Å². The Kier molecular flexibility index (Phi) is 6.63. The van der Waals surface area contributed by atoms with Crippen molar-refractivity contribution in [2.24, 2.45) is 0 Å². The summed E-state index contributed by atoms with van der Waals surface area (Å²) < 4.78 is 16.4. The van der Waals surface area contributed by atoms with E-state index in [-0.39, 0.29) is 12.3 Å². The molecule has 33 heavy (non-hydrogen) atoms. The molecule has 0 aromatic heterocycles. The summed E-state index contributed by atoms with van der Waals surface area (Å²) in [5.74, 6) is 1.61. The molecule has 4 rings (SSSR count). The van der Waals surface area contributed by atoms with Crippen LogP contribution >= 0.6 is 23.4 Å². The second-order valence-corrected chi connectivity index (χ2v) is 9.10. The molecule has 2 heterocycles. The lowest BCUT2D eigenvalue weighted by molar-refractivity contribution is -0.129. The zero-order chi connectivity index (χ0) is 23.7. The Hall–Kier alpha value is -3.02. The lowest BCUT2D eigenvalue weighted by Gasteiger charge is -2.42. The van der Waals surface area contributed by atoms with E-state index < -0.39 is 5.92 Å². The molecular formula is C24H24ClN3O4S. The highest BCUT2D eigenvalue weighted by Gasteiger charge is 2.39. The number of aryl methyl sites for hydroxylation is 1. The maximum atomic E-state index is 13.2. The molecule has 1 amide bonds. The normalized spacial score (nSPS) is 18.1. The smallest absolute Gasteiger partial charge is 0.229 e. The number of hydrogen-bond donors (Lipinski definition) is 0. The molecule has 0 bridgehead atoms. The Balaban J connectivity index is 1.70. The number of rotatable bonds is 5. The minimum Gasteiger partial charge on any atom is -0.493 e. The first-order chi connectivity index (χ1) is 15.9. The highest BCUT2D eigenvalue weighted by molar-refractivity contribution is 8.03. The van der Waals surface area contributed by atoms with Gasteiger partial charge in [0.15, 0.2) is 11.5 Å². The van der Waals surface area contributed by atoms with E-state index in [0.717, 1.165) is 16.8 Å². The van der Waals surface area contributed by atoms with Gasteiger partial charge in [-0.2, -0.15) is 5.26 Å². The third-order valence-electron chi connectivity index (χ3n) is 5.90. The summed E-state index contributed by atoms with van der Waals surface area (Å²) in [5.41, 5.74) is 3.28. The van der Waals surface area contributed by atoms with Gasteiger partial charge in [-0.05, 0) is 42.3 Å². The van der Waals surface area contributed by atoms with Gasteiger partial charge in [-0.25, -0.2) is 0 Å². The topological polar surface area (TPSA) is 75.0 Å². The quantitative estimate of drug-likeness (QED) is 0.596. The molecular weight excluding hydrogens is 462 g/mol. The van der Waals surface area contributed by atoms with Gasteiger partial charge < -0.3 is 19.1 Å². The molecule has 9 heteroatoms. The van der Waals surface area contributed by atoms with Crippen LogP contribution in [-0.4, -0.2) is 44.7 Å². The number of allylic oxidation sites excluding steroid dienone is 1. The molecule has 0 N–H and O–H groups in total. The standard InChI is InChI=1S/C24H24ClN3O4S/c1-14-5-6-16(9-19(14)25)27-12-28-22(29)10-17(18(11-26)24(28)33-13-27)15-7-20(30-2)23(32-4)21(8-15)31-3/h5-9,17H,10,12-13H2,1-4H3. The molecule has 0 aliphatic carbocycles. The lowest BCUT2D eigenvalue weighted by Crippen LogP contribution is -2.47. The molecule has 7 nitrogen and oxygen atoms in total. The molecule has 2 aromatic rings. The Morgan fingerprint density at radius 3 is 2.39 bits per heavy atom. The predicted molar refractivity (Wildman–Crippen MR) is 129 cm³/mol. The van der Waals surface area contributed by atoms with Crippen molar-refractivity contribution in [1.29, 1.82) is 5.26 Å². The van der Waals surface area contributed by atoms with Gasteiger partial charge in [0.2, 0.25) is 11.7 Å². The minimum atomic E-state index is -0.393. The fourth-order valence-electron chi connectivity index (χ4n) is 4.09. The number of carbonyl (C=O) groups excluding carboxylic acids is 1. The Labute approximate surface area is 202 Å². The number of thioether (sulfide) groups is 1. The van der Waals surface area contributed by atoms with E-state index in [2.05, 4.69) is 11.0 Å². The highest BCUT2D eigenvalue weighted by atomic mass is 35.5. The van der Waals surface area contributed by atoms with Gasteiger partial charge in [-0.1, -0.05) is 29.4 Å². The van der Waals surface area contributed by atoms with E-state index in [9.17, 15) is 10.1 Å². The third-order valence-corrected chi connectivity index (χ3v) is 7.47. The molecule has 1 unspecified atom stereocenters. The number of halogens is 1. The average Bonchev–Trinajstić information content (AvgIpc) is 2.84. The van der Waals surface area contributed by atoms with E-state index in [1.165, 1.54) is 18.9 Å². The van der Waals surface area contributed by atoms with Crippen molar-refractivity contribution < 1.29 is 19.0 Å². The number of ether oxygens (including phenoxy) is 3. The van der Waals surface area contributed by atoms with Gasteiger partial charge >= 0.3 is 0 Å². The molecule has 0 spiro atoms.